The van der Waals surface area contributed by atoms with Gasteiger partial charge in [0.2, 0.25) is 0 Å². The maximum absolute atomic E-state index is 11.1. The van der Waals surface area contributed by atoms with Gasteiger partial charge < -0.3 is 4.74 Å². The molecule has 80 valence electrons. The lowest BCUT2D eigenvalue weighted by Crippen LogP contribution is -2.09. The van der Waals surface area contributed by atoms with Crippen molar-refractivity contribution < 1.29 is 9.53 Å². The number of ketones is 1. The highest BCUT2D eigenvalue weighted by Crippen LogP contribution is 2.02. The van der Waals surface area contributed by atoms with Gasteiger partial charge in [0.15, 0.2) is 0 Å². The first kappa shape index (κ1) is 15.1. The van der Waals surface area contributed by atoms with Crippen LogP contribution in [0.1, 0.15) is 48.0 Å². The van der Waals surface area contributed by atoms with Crippen LogP contribution in [0.3, 0.4) is 0 Å². The molecule has 0 aliphatic heterocycles. The molecule has 0 aliphatic rings. The summed E-state index contributed by atoms with van der Waals surface area (Å²) < 4.78 is 5.32. The molecule has 0 radical (unpaired) electrons. The number of hydrogen-bond acceptors (Lipinski definition) is 2. The number of Topliss-reactive ketones (excluding diaryl/α,β-unsaturated/α-hetero) is 1. The van der Waals surface area contributed by atoms with Crippen molar-refractivity contribution in [1.82, 2.24) is 0 Å². The Labute approximate surface area is 82.7 Å². The minimum Gasteiger partial charge on any atom is -0.379 e. The van der Waals surface area contributed by atoms with Crippen LogP contribution in [0.4, 0.5) is 0 Å². The van der Waals surface area contributed by atoms with E-state index in [1.165, 1.54) is 0 Å². The van der Waals surface area contributed by atoms with Gasteiger partial charge >= 0.3 is 0 Å². The summed E-state index contributed by atoms with van der Waals surface area (Å²) in [4.78, 5) is 11.1. The Morgan fingerprint density at radius 2 is 1.77 bits per heavy atom. The zero-order valence-electron chi connectivity index (χ0n) is 8.59. The largest absolute Gasteiger partial charge is 0.379 e. The summed E-state index contributed by atoms with van der Waals surface area (Å²) >= 11 is 0. The summed E-state index contributed by atoms with van der Waals surface area (Å²) in [6.07, 6.45) is 1.79. The van der Waals surface area contributed by atoms with E-state index in [1.807, 2.05) is 27.7 Å². The molecule has 0 saturated heterocycles. The third kappa shape index (κ3) is 9.54. The molecule has 0 bridgehead atoms. The molecular formula is C11H24O2. The minimum absolute atomic E-state index is 0. The topological polar surface area (TPSA) is 26.3 Å². The van der Waals surface area contributed by atoms with Gasteiger partial charge in [-0.2, -0.15) is 0 Å². The van der Waals surface area contributed by atoms with Gasteiger partial charge in [0.05, 0.1) is 6.10 Å². The number of ether oxygens (including phenoxy) is 1. The molecule has 0 atom stereocenters. The van der Waals surface area contributed by atoms with Gasteiger partial charge in [-0.15, -0.1) is 0 Å². The molecule has 0 aliphatic carbocycles. The molecule has 0 unspecified atom stereocenters. The Morgan fingerprint density at radius 1 is 1.23 bits per heavy atom. The van der Waals surface area contributed by atoms with E-state index < -0.39 is 0 Å². The van der Waals surface area contributed by atoms with Crippen molar-refractivity contribution >= 4 is 5.78 Å². The van der Waals surface area contributed by atoms with Crippen molar-refractivity contribution in [2.45, 2.75) is 54.1 Å². The zero-order valence-corrected chi connectivity index (χ0v) is 8.59. The van der Waals surface area contributed by atoms with Gasteiger partial charge in [0.25, 0.3) is 0 Å². The van der Waals surface area contributed by atoms with Gasteiger partial charge in [0, 0.05) is 18.9 Å². The van der Waals surface area contributed by atoms with E-state index in [0.29, 0.717) is 18.8 Å². The fourth-order valence-corrected chi connectivity index (χ4v) is 0.854. The smallest absolute Gasteiger partial charge is 0.135 e. The summed E-state index contributed by atoms with van der Waals surface area (Å²) in [7, 11) is 0. The van der Waals surface area contributed by atoms with Gasteiger partial charge in [-0.3, -0.25) is 4.79 Å². The van der Waals surface area contributed by atoms with Gasteiger partial charge in [-0.1, -0.05) is 21.3 Å². The van der Waals surface area contributed by atoms with E-state index in [1.54, 1.807) is 0 Å². The maximum atomic E-state index is 11.1. The highest BCUT2D eigenvalue weighted by Gasteiger charge is 2.06. The first-order chi connectivity index (χ1) is 5.54. The van der Waals surface area contributed by atoms with Crippen LogP contribution in [0.25, 0.3) is 0 Å². The number of carbonyl (C=O) groups is 1. The highest BCUT2D eigenvalue weighted by atomic mass is 16.5. The predicted octanol–water partition coefficient (Wildman–Crippen LogP) is 3.05. The monoisotopic (exact) mass is 188 g/mol. The second kappa shape index (κ2) is 8.24. The summed E-state index contributed by atoms with van der Waals surface area (Å²) in [5.74, 6) is 0.506. The van der Waals surface area contributed by atoms with Crippen LogP contribution < -0.4 is 0 Å². The van der Waals surface area contributed by atoms with Crippen molar-refractivity contribution in [3.63, 3.8) is 0 Å². The molecule has 13 heavy (non-hydrogen) atoms. The summed E-state index contributed by atoms with van der Waals surface area (Å²) in [6, 6.07) is 0. The number of rotatable bonds is 6. The van der Waals surface area contributed by atoms with Crippen LogP contribution in [0.15, 0.2) is 0 Å². The lowest BCUT2D eigenvalue weighted by Gasteiger charge is -2.07. The van der Waals surface area contributed by atoms with E-state index in [4.69, 9.17) is 4.74 Å². The Bertz CT molecular complexity index is 128. The molecule has 0 amide bonds. The lowest BCUT2D eigenvalue weighted by atomic mass is 10.1. The summed E-state index contributed by atoms with van der Waals surface area (Å²) in [5.41, 5.74) is 0. The summed E-state index contributed by atoms with van der Waals surface area (Å²) in [5, 5.41) is 0. The van der Waals surface area contributed by atoms with E-state index in [9.17, 15) is 4.79 Å². The molecule has 0 saturated carbocycles. The third-order valence-electron chi connectivity index (χ3n) is 1.66. The lowest BCUT2D eigenvalue weighted by molar-refractivity contribution is -0.122. The second-order valence-electron chi connectivity index (χ2n) is 3.64. The van der Waals surface area contributed by atoms with Crippen LogP contribution in [0.2, 0.25) is 0 Å². The van der Waals surface area contributed by atoms with Crippen molar-refractivity contribution in [1.29, 1.82) is 0 Å². The van der Waals surface area contributed by atoms with Crippen LogP contribution in [0, 0.1) is 5.92 Å². The molecule has 0 aromatic rings. The SMILES string of the molecule is C.CC(C)OCCCC(=O)C(C)C. The molecular weight excluding hydrogens is 164 g/mol. The van der Waals surface area contributed by atoms with Crippen molar-refractivity contribution in [3.8, 4) is 0 Å². The normalized spacial score (nSPS) is 10.3. The van der Waals surface area contributed by atoms with Gasteiger partial charge in [-0.05, 0) is 20.3 Å². The number of carbonyl (C=O) groups excluding carboxylic acids is 1. The highest BCUT2D eigenvalue weighted by molar-refractivity contribution is 5.80. The van der Waals surface area contributed by atoms with Crippen molar-refractivity contribution in [3.05, 3.63) is 0 Å². The second-order valence-corrected chi connectivity index (χ2v) is 3.64. The van der Waals surface area contributed by atoms with Crippen LogP contribution in [0.5, 0.6) is 0 Å². The quantitative estimate of drug-likeness (QED) is 0.599. The Morgan fingerprint density at radius 3 is 2.15 bits per heavy atom. The average molecular weight is 188 g/mol. The molecule has 0 aromatic heterocycles. The Kier molecular flexibility index (Phi) is 9.58. The molecule has 0 heterocycles. The van der Waals surface area contributed by atoms with Crippen LogP contribution in [-0.4, -0.2) is 18.5 Å². The maximum Gasteiger partial charge on any atom is 0.135 e. The minimum atomic E-state index is 0. The first-order valence-electron chi connectivity index (χ1n) is 4.68. The Balaban J connectivity index is 0. The van der Waals surface area contributed by atoms with Gasteiger partial charge in [-0.25, -0.2) is 0 Å². The fourth-order valence-electron chi connectivity index (χ4n) is 0.854. The van der Waals surface area contributed by atoms with Gasteiger partial charge in [0.1, 0.15) is 5.78 Å². The standard InChI is InChI=1S/C10H20O2.CH4/c1-8(2)10(11)6-5-7-12-9(3)4;/h8-9H,5-7H2,1-4H3;1H4. The first-order valence-corrected chi connectivity index (χ1v) is 4.68. The summed E-state index contributed by atoms with van der Waals surface area (Å²) in [6.45, 7) is 8.59. The van der Waals surface area contributed by atoms with E-state index in [-0.39, 0.29) is 19.4 Å². The van der Waals surface area contributed by atoms with E-state index >= 15 is 0 Å². The predicted molar refractivity (Wildman–Crippen MR) is 56.9 cm³/mol. The van der Waals surface area contributed by atoms with Crippen molar-refractivity contribution in [2.24, 2.45) is 5.92 Å². The molecule has 2 nitrogen and oxygen atoms in total. The average Bonchev–Trinajstić information content (AvgIpc) is 1.97. The van der Waals surface area contributed by atoms with E-state index in [2.05, 4.69) is 0 Å². The van der Waals surface area contributed by atoms with Crippen LogP contribution >= 0.6 is 0 Å². The third-order valence-corrected chi connectivity index (χ3v) is 1.66. The van der Waals surface area contributed by atoms with E-state index in [0.717, 1.165) is 6.42 Å². The number of hydrogen-bond donors (Lipinski definition) is 0. The molecule has 0 spiro atoms. The molecule has 0 rings (SSSR count). The Hall–Kier alpha value is -0.370. The fraction of sp³-hybridized carbons (Fsp3) is 0.909. The molecule has 0 N–H and O–H groups in total. The molecule has 0 aromatic carbocycles. The molecule has 2 heteroatoms. The zero-order chi connectivity index (χ0) is 9.56. The van der Waals surface area contributed by atoms with Crippen molar-refractivity contribution in [2.75, 3.05) is 6.61 Å². The van der Waals surface area contributed by atoms with Crippen LogP contribution in [-0.2, 0) is 9.53 Å². The molecule has 0 fully saturated rings.